The topological polar surface area (TPSA) is 70.7 Å². The highest BCUT2D eigenvalue weighted by molar-refractivity contribution is 6.34. The van der Waals surface area contributed by atoms with Crippen LogP contribution in [0.1, 0.15) is 21.7 Å². The maximum atomic E-state index is 12.1. The van der Waals surface area contributed by atoms with Crippen LogP contribution in [0, 0.1) is 18.3 Å². The fourth-order valence-corrected chi connectivity index (χ4v) is 1.92. The van der Waals surface area contributed by atoms with Crippen LogP contribution in [0.15, 0.2) is 24.3 Å². The van der Waals surface area contributed by atoms with Crippen LogP contribution in [0.2, 0.25) is 5.02 Å². The van der Waals surface area contributed by atoms with Crippen LogP contribution in [0.5, 0.6) is 0 Å². The first-order valence-electron chi connectivity index (χ1n) is 5.53. The molecule has 6 heteroatoms. The number of hydrogen-bond acceptors (Lipinski definition) is 3. The summed E-state index contributed by atoms with van der Waals surface area (Å²) in [5.41, 5.74) is 2.11. The average molecular weight is 275 g/mol. The van der Waals surface area contributed by atoms with E-state index >= 15 is 0 Å². The van der Waals surface area contributed by atoms with Gasteiger partial charge in [0.1, 0.15) is 5.69 Å². The number of rotatable bonds is 2. The van der Waals surface area contributed by atoms with Crippen LogP contribution in [0.4, 0.5) is 5.69 Å². The van der Waals surface area contributed by atoms with Gasteiger partial charge in [-0.05, 0) is 31.2 Å². The highest BCUT2D eigenvalue weighted by Gasteiger charge is 2.13. The first-order chi connectivity index (χ1) is 9.01. The van der Waals surface area contributed by atoms with Gasteiger partial charge in [0.25, 0.3) is 5.91 Å². The number of amides is 1. The molecule has 19 heavy (non-hydrogen) atoms. The Hall–Kier alpha value is -2.32. The fourth-order valence-electron chi connectivity index (χ4n) is 1.70. The zero-order valence-electron chi connectivity index (χ0n) is 10.4. The van der Waals surface area contributed by atoms with Crippen LogP contribution in [0.25, 0.3) is 0 Å². The normalized spacial score (nSPS) is 10.0. The molecule has 1 aromatic carbocycles. The third-order valence-electron chi connectivity index (χ3n) is 2.58. The standard InChI is InChI=1S/C13H11ClN4O/c1-8-5-12(18(2)17-8)13(19)16-11-4-3-9(7-15)6-10(11)14/h3-6H,1-2H3,(H,16,19). The van der Waals surface area contributed by atoms with Crippen molar-refractivity contribution < 1.29 is 4.79 Å². The van der Waals surface area contributed by atoms with Crippen LogP contribution >= 0.6 is 11.6 Å². The fraction of sp³-hybridized carbons (Fsp3) is 0.154. The van der Waals surface area contributed by atoms with E-state index in [1.165, 1.54) is 10.7 Å². The molecule has 2 rings (SSSR count). The van der Waals surface area contributed by atoms with E-state index in [4.69, 9.17) is 16.9 Å². The SMILES string of the molecule is Cc1cc(C(=O)Nc2ccc(C#N)cc2Cl)n(C)n1. The first kappa shape index (κ1) is 13.1. The Morgan fingerprint density at radius 1 is 1.47 bits per heavy atom. The van der Waals surface area contributed by atoms with Crippen LogP contribution in [-0.2, 0) is 7.05 Å². The number of aryl methyl sites for hydroxylation is 2. The molecular weight excluding hydrogens is 264 g/mol. The molecule has 0 bridgehead atoms. The van der Waals surface area contributed by atoms with Gasteiger partial charge in [-0.15, -0.1) is 0 Å². The molecular formula is C13H11ClN4O. The van der Waals surface area contributed by atoms with Gasteiger partial charge in [-0.3, -0.25) is 9.48 Å². The molecule has 0 aliphatic heterocycles. The quantitative estimate of drug-likeness (QED) is 0.915. The second kappa shape index (κ2) is 5.12. The lowest BCUT2D eigenvalue weighted by atomic mass is 10.2. The summed E-state index contributed by atoms with van der Waals surface area (Å²) in [7, 11) is 1.70. The summed E-state index contributed by atoms with van der Waals surface area (Å²) in [6.45, 7) is 1.81. The molecule has 1 aromatic heterocycles. The number of hydrogen-bond donors (Lipinski definition) is 1. The van der Waals surface area contributed by atoms with E-state index in [0.29, 0.717) is 22.0 Å². The second-order valence-corrected chi connectivity index (χ2v) is 4.46. The number of nitrogens with one attached hydrogen (secondary N) is 1. The van der Waals surface area contributed by atoms with Crippen molar-refractivity contribution in [3.8, 4) is 6.07 Å². The highest BCUT2D eigenvalue weighted by atomic mass is 35.5. The predicted octanol–water partition coefficient (Wildman–Crippen LogP) is 2.51. The van der Waals surface area contributed by atoms with Crippen molar-refractivity contribution in [3.63, 3.8) is 0 Å². The lowest BCUT2D eigenvalue weighted by molar-refractivity contribution is 0.101. The molecule has 0 atom stereocenters. The van der Waals surface area contributed by atoms with E-state index in [9.17, 15) is 4.79 Å². The molecule has 0 spiro atoms. The summed E-state index contributed by atoms with van der Waals surface area (Å²) in [5.74, 6) is -0.297. The molecule has 0 aliphatic carbocycles. The Balaban J connectivity index is 2.25. The summed E-state index contributed by atoms with van der Waals surface area (Å²) in [6, 6.07) is 8.37. The van der Waals surface area contributed by atoms with Crippen molar-refractivity contribution in [2.24, 2.45) is 7.05 Å². The smallest absolute Gasteiger partial charge is 0.273 e. The van der Waals surface area contributed by atoms with Crippen molar-refractivity contribution in [1.29, 1.82) is 5.26 Å². The van der Waals surface area contributed by atoms with Crippen LogP contribution in [-0.4, -0.2) is 15.7 Å². The molecule has 0 unspecified atom stereocenters. The number of carbonyl (C=O) groups excluding carboxylic acids is 1. The maximum Gasteiger partial charge on any atom is 0.273 e. The Morgan fingerprint density at radius 3 is 2.74 bits per heavy atom. The Bertz CT molecular complexity index is 684. The van der Waals surface area contributed by atoms with Crippen molar-refractivity contribution in [2.75, 3.05) is 5.32 Å². The summed E-state index contributed by atoms with van der Waals surface area (Å²) in [6.07, 6.45) is 0. The van der Waals surface area contributed by atoms with E-state index in [0.717, 1.165) is 5.69 Å². The minimum atomic E-state index is -0.297. The van der Waals surface area contributed by atoms with E-state index in [2.05, 4.69) is 10.4 Å². The molecule has 0 radical (unpaired) electrons. The van der Waals surface area contributed by atoms with Gasteiger partial charge in [-0.2, -0.15) is 10.4 Å². The molecule has 2 aromatic rings. The van der Waals surface area contributed by atoms with Gasteiger partial charge in [-0.1, -0.05) is 11.6 Å². The van der Waals surface area contributed by atoms with Gasteiger partial charge in [-0.25, -0.2) is 0 Å². The highest BCUT2D eigenvalue weighted by Crippen LogP contribution is 2.23. The number of halogens is 1. The molecule has 1 heterocycles. The van der Waals surface area contributed by atoms with Crippen LogP contribution in [0.3, 0.4) is 0 Å². The molecule has 0 fully saturated rings. The van der Waals surface area contributed by atoms with E-state index < -0.39 is 0 Å². The number of nitriles is 1. The van der Waals surface area contributed by atoms with Crippen LogP contribution < -0.4 is 5.32 Å². The van der Waals surface area contributed by atoms with Crippen molar-refractivity contribution in [1.82, 2.24) is 9.78 Å². The van der Waals surface area contributed by atoms with Gasteiger partial charge in [0, 0.05) is 7.05 Å². The Labute approximate surface area is 115 Å². The largest absolute Gasteiger partial charge is 0.319 e. The van der Waals surface area contributed by atoms with Gasteiger partial charge < -0.3 is 5.32 Å². The summed E-state index contributed by atoms with van der Waals surface area (Å²) in [5, 5.41) is 15.9. The molecule has 96 valence electrons. The lowest BCUT2D eigenvalue weighted by Gasteiger charge is -2.07. The van der Waals surface area contributed by atoms with Gasteiger partial charge in [0.2, 0.25) is 0 Å². The summed E-state index contributed by atoms with van der Waals surface area (Å²) in [4.78, 5) is 12.1. The minimum absolute atomic E-state index is 0.297. The average Bonchev–Trinajstić information content (AvgIpc) is 2.71. The Morgan fingerprint density at radius 2 is 2.21 bits per heavy atom. The third kappa shape index (κ3) is 2.75. The molecule has 0 saturated carbocycles. The first-order valence-corrected chi connectivity index (χ1v) is 5.90. The number of carbonyl (C=O) groups is 1. The summed E-state index contributed by atoms with van der Waals surface area (Å²) < 4.78 is 1.50. The number of nitrogens with zero attached hydrogens (tertiary/aromatic N) is 3. The molecule has 1 amide bonds. The summed E-state index contributed by atoms with van der Waals surface area (Å²) >= 11 is 6.00. The molecule has 0 saturated heterocycles. The maximum absolute atomic E-state index is 12.1. The Kier molecular flexibility index (Phi) is 3.54. The zero-order valence-corrected chi connectivity index (χ0v) is 11.2. The number of anilines is 1. The van der Waals surface area contributed by atoms with Gasteiger partial charge >= 0.3 is 0 Å². The molecule has 5 nitrogen and oxygen atoms in total. The van der Waals surface area contributed by atoms with Crippen molar-refractivity contribution in [2.45, 2.75) is 6.92 Å². The zero-order chi connectivity index (χ0) is 14.0. The number of aromatic nitrogens is 2. The second-order valence-electron chi connectivity index (χ2n) is 4.06. The van der Waals surface area contributed by atoms with Crippen molar-refractivity contribution >= 4 is 23.2 Å². The van der Waals surface area contributed by atoms with E-state index in [1.54, 1.807) is 25.2 Å². The molecule has 1 N–H and O–H groups in total. The van der Waals surface area contributed by atoms with E-state index in [-0.39, 0.29) is 5.91 Å². The monoisotopic (exact) mass is 274 g/mol. The molecule has 0 aliphatic rings. The van der Waals surface area contributed by atoms with Crippen molar-refractivity contribution in [3.05, 3.63) is 46.2 Å². The van der Waals surface area contributed by atoms with E-state index in [1.807, 2.05) is 13.0 Å². The van der Waals surface area contributed by atoms with Gasteiger partial charge in [0.05, 0.1) is 28.0 Å². The predicted molar refractivity (Wildman–Crippen MR) is 72.1 cm³/mol. The number of benzene rings is 1. The minimum Gasteiger partial charge on any atom is -0.319 e. The lowest BCUT2D eigenvalue weighted by Crippen LogP contribution is -2.16. The third-order valence-corrected chi connectivity index (χ3v) is 2.89. The van der Waals surface area contributed by atoms with Gasteiger partial charge in [0.15, 0.2) is 0 Å².